The third-order valence-corrected chi connectivity index (χ3v) is 4.12. The molecular formula is C17H18BrClN4O. The van der Waals surface area contributed by atoms with E-state index >= 15 is 0 Å². The third kappa shape index (κ3) is 5.06. The van der Waals surface area contributed by atoms with Crippen molar-refractivity contribution >= 4 is 45.0 Å². The largest absolute Gasteiger partial charge is 0.326 e. The molecule has 0 aliphatic carbocycles. The number of amides is 1. The predicted octanol–water partition coefficient (Wildman–Crippen LogP) is 3.38. The number of amidine groups is 1. The molecule has 2 aromatic carbocycles. The summed E-state index contributed by atoms with van der Waals surface area (Å²) in [5, 5.41) is 3.43. The van der Waals surface area contributed by atoms with Crippen molar-refractivity contribution in [3.8, 4) is 0 Å². The van der Waals surface area contributed by atoms with Gasteiger partial charge in [-0.15, -0.1) is 0 Å². The average Bonchev–Trinajstić information content (AvgIpc) is 2.56. The van der Waals surface area contributed by atoms with Crippen molar-refractivity contribution in [2.24, 2.45) is 4.99 Å². The molecule has 5 nitrogen and oxygen atoms in total. The van der Waals surface area contributed by atoms with Crippen molar-refractivity contribution in [2.75, 3.05) is 19.4 Å². The maximum Gasteiger partial charge on any atom is 0.228 e. The molecular weight excluding hydrogens is 392 g/mol. The van der Waals surface area contributed by atoms with Gasteiger partial charge in [0.15, 0.2) is 0 Å². The lowest BCUT2D eigenvalue weighted by Gasteiger charge is -2.10. The second-order valence-electron chi connectivity index (χ2n) is 4.99. The van der Waals surface area contributed by atoms with Crippen LogP contribution in [0.3, 0.4) is 0 Å². The molecule has 0 heterocycles. The van der Waals surface area contributed by atoms with E-state index in [4.69, 9.17) is 11.6 Å². The van der Waals surface area contributed by atoms with Gasteiger partial charge in [0.1, 0.15) is 5.84 Å². The number of rotatable bonds is 5. The zero-order chi connectivity index (χ0) is 17.5. The fraction of sp³-hybridized carbons (Fsp3) is 0.176. The topological polar surface area (TPSA) is 65.5 Å². The minimum atomic E-state index is -0.121. The normalized spacial score (nSPS) is 11.2. The summed E-state index contributed by atoms with van der Waals surface area (Å²) in [5.41, 5.74) is 8.20. The van der Waals surface area contributed by atoms with E-state index < -0.39 is 0 Å². The Labute approximate surface area is 154 Å². The highest BCUT2D eigenvalue weighted by molar-refractivity contribution is 9.10. The predicted molar refractivity (Wildman–Crippen MR) is 103 cm³/mol. The number of benzene rings is 2. The average molecular weight is 410 g/mol. The van der Waals surface area contributed by atoms with Gasteiger partial charge in [0.2, 0.25) is 5.91 Å². The van der Waals surface area contributed by atoms with Crippen molar-refractivity contribution in [1.29, 1.82) is 0 Å². The van der Waals surface area contributed by atoms with Crippen LogP contribution in [-0.4, -0.2) is 25.8 Å². The van der Waals surface area contributed by atoms with Crippen LogP contribution in [0.2, 0.25) is 5.02 Å². The van der Waals surface area contributed by atoms with E-state index in [2.05, 4.69) is 37.1 Å². The maximum absolute atomic E-state index is 12.2. The molecule has 0 spiro atoms. The van der Waals surface area contributed by atoms with E-state index in [1.165, 1.54) is 0 Å². The summed E-state index contributed by atoms with van der Waals surface area (Å²) in [6.45, 7) is 0. The Hall–Kier alpha value is -1.89. The Balaban J connectivity index is 2.01. The molecule has 3 N–H and O–H groups in total. The highest BCUT2D eigenvalue weighted by Gasteiger charge is 2.08. The van der Waals surface area contributed by atoms with Crippen molar-refractivity contribution in [3.63, 3.8) is 0 Å². The number of carbonyl (C=O) groups is 1. The zero-order valence-corrected chi connectivity index (χ0v) is 15.7. The Bertz CT molecular complexity index is 747. The van der Waals surface area contributed by atoms with Crippen LogP contribution < -0.4 is 16.2 Å². The maximum atomic E-state index is 12.2. The van der Waals surface area contributed by atoms with E-state index in [1.807, 2.05) is 36.4 Å². The van der Waals surface area contributed by atoms with Gasteiger partial charge in [-0.25, -0.2) is 5.43 Å². The van der Waals surface area contributed by atoms with E-state index in [0.717, 1.165) is 27.1 Å². The summed E-state index contributed by atoms with van der Waals surface area (Å²) in [5.74, 6) is 0.599. The number of hydrazine groups is 1. The van der Waals surface area contributed by atoms with Crippen molar-refractivity contribution in [3.05, 3.63) is 63.1 Å². The Morgan fingerprint density at radius 2 is 1.92 bits per heavy atom. The number of aliphatic imine (C=N–C) groups is 1. The molecule has 24 heavy (non-hydrogen) atoms. The molecule has 0 aromatic heterocycles. The van der Waals surface area contributed by atoms with Crippen LogP contribution in [0.25, 0.3) is 0 Å². The summed E-state index contributed by atoms with van der Waals surface area (Å²) in [4.78, 5) is 16.3. The second kappa shape index (κ2) is 8.82. The fourth-order valence-electron chi connectivity index (χ4n) is 2.13. The highest BCUT2D eigenvalue weighted by atomic mass is 79.9. The van der Waals surface area contributed by atoms with Gasteiger partial charge in [-0.3, -0.25) is 9.79 Å². The van der Waals surface area contributed by atoms with Gasteiger partial charge in [0, 0.05) is 34.8 Å². The molecule has 0 saturated heterocycles. The van der Waals surface area contributed by atoms with Crippen LogP contribution >= 0.6 is 27.5 Å². The number of carbonyl (C=O) groups excluding carboxylic acids is 1. The SMILES string of the molecule is CN=C(NNC)c1ccc(NC(=O)Cc2ccc(Br)cc2Cl)cc1. The van der Waals surface area contributed by atoms with Crippen LogP contribution in [-0.2, 0) is 11.2 Å². The minimum absolute atomic E-state index is 0.121. The lowest BCUT2D eigenvalue weighted by molar-refractivity contribution is -0.115. The zero-order valence-electron chi connectivity index (χ0n) is 13.4. The quantitative estimate of drug-likeness (QED) is 0.403. The molecule has 0 bridgehead atoms. The summed E-state index contributed by atoms with van der Waals surface area (Å²) in [6.07, 6.45) is 0.219. The number of hydrogen-bond acceptors (Lipinski definition) is 3. The lowest BCUT2D eigenvalue weighted by Crippen LogP contribution is -2.34. The second-order valence-corrected chi connectivity index (χ2v) is 6.31. The summed E-state index contributed by atoms with van der Waals surface area (Å²) < 4.78 is 0.885. The minimum Gasteiger partial charge on any atom is -0.326 e. The molecule has 126 valence electrons. The van der Waals surface area contributed by atoms with Gasteiger partial charge in [-0.05, 0) is 42.0 Å². The molecule has 1 amide bonds. The fourth-order valence-corrected chi connectivity index (χ4v) is 2.87. The number of halogens is 2. The van der Waals surface area contributed by atoms with E-state index in [9.17, 15) is 4.79 Å². The van der Waals surface area contributed by atoms with E-state index in [1.54, 1.807) is 20.2 Å². The Kier molecular flexibility index (Phi) is 6.78. The smallest absolute Gasteiger partial charge is 0.228 e. The highest BCUT2D eigenvalue weighted by Crippen LogP contribution is 2.22. The molecule has 0 saturated carbocycles. The number of nitrogens with one attached hydrogen (secondary N) is 3. The van der Waals surface area contributed by atoms with Crippen molar-refractivity contribution in [2.45, 2.75) is 6.42 Å². The first-order valence-corrected chi connectivity index (χ1v) is 8.44. The van der Waals surface area contributed by atoms with Gasteiger partial charge < -0.3 is 10.7 Å². The van der Waals surface area contributed by atoms with E-state index in [0.29, 0.717) is 5.02 Å². The first-order chi connectivity index (χ1) is 11.5. The number of anilines is 1. The van der Waals surface area contributed by atoms with Gasteiger partial charge in [-0.1, -0.05) is 33.6 Å². The Morgan fingerprint density at radius 3 is 2.50 bits per heavy atom. The Morgan fingerprint density at radius 1 is 1.21 bits per heavy atom. The van der Waals surface area contributed by atoms with Gasteiger partial charge in [0.05, 0.1) is 6.42 Å². The monoisotopic (exact) mass is 408 g/mol. The van der Waals surface area contributed by atoms with Crippen LogP contribution in [0.4, 0.5) is 5.69 Å². The summed E-state index contributed by atoms with van der Waals surface area (Å²) >= 11 is 9.49. The standard InChI is InChI=1S/C17H18BrClN4O/c1-20-17(23-21-2)11-4-7-14(8-5-11)22-16(24)9-12-3-6-13(18)10-15(12)19/h3-8,10,21H,9H2,1-2H3,(H,20,23)(H,22,24). The molecule has 2 rings (SSSR count). The summed E-state index contributed by atoms with van der Waals surface area (Å²) in [6, 6.07) is 12.9. The third-order valence-electron chi connectivity index (χ3n) is 3.28. The van der Waals surface area contributed by atoms with Crippen molar-refractivity contribution < 1.29 is 4.79 Å². The number of hydrogen-bond donors (Lipinski definition) is 3. The molecule has 0 unspecified atom stereocenters. The van der Waals surface area contributed by atoms with Crippen LogP contribution in [0.5, 0.6) is 0 Å². The lowest BCUT2D eigenvalue weighted by atomic mass is 10.1. The molecule has 0 atom stereocenters. The molecule has 2 aromatic rings. The van der Waals surface area contributed by atoms with E-state index in [-0.39, 0.29) is 12.3 Å². The van der Waals surface area contributed by atoms with Gasteiger partial charge in [0.25, 0.3) is 0 Å². The molecule has 0 aliphatic heterocycles. The molecule has 0 aliphatic rings. The molecule has 7 heteroatoms. The van der Waals surface area contributed by atoms with Crippen LogP contribution in [0.15, 0.2) is 51.9 Å². The van der Waals surface area contributed by atoms with Crippen molar-refractivity contribution in [1.82, 2.24) is 10.9 Å². The van der Waals surface area contributed by atoms with Gasteiger partial charge >= 0.3 is 0 Å². The first-order valence-electron chi connectivity index (χ1n) is 7.27. The molecule has 0 radical (unpaired) electrons. The first kappa shape index (κ1) is 18.4. The van der Waals surface area contributed by atoms with Gasteiger partial charge in [-0.2, -0.15) is 0 Å². The van der Waals surface area contributed by atoms with Crippen LogP contribution in [0.1, 0.15) is 11.1 Å². The summed E-state index contributed by atoms with van der Waals surface area (Å²) in [7, 11) is 3.48. The van der Waals surface area contributed by atoms with Crippen LogP contribution in [0, 0.1) is 0 Å². The number of nitrogens with zero attached hydrogens (tertiary/aromatic N) is 1. The molecule has 0 fully saturated rings.